The van der Waals surface area contributed by atoms with Crippen LogP contribution in [0.4, 0.5) is 0 Å². The molecule has 0 aromatic rings. The Morgan fingerprint density at radius 3 is 2.06 bits per heavy atom. The molecule has 1 amide bonds. The summed E-state index contributed by atoms with van der Waals surface area (Å²) in [6.45, 7) is 10.6. The number of carbonyl (C=O) groups is 1. The number of hydrogen-bond donors (Lipinski definition) is 1. The smallest absolute Gasteiger partial charge is 0.236 e. The van der Waals surface area contributed by atoms with Crippen molar-refractivity contribution in [2.24, 2.45) is 0 Å². The van der Waals surface area contributed by atoms with Crippen molar-refractivity contribution in [1.82, 2.24) is 14.7 Å². The zero-order chi connectivity index (χ0) is 13.2. The summed E-state index contributed by atoms with van der Waals surface area (Å²) in [5.74, 6) is 0.275. The number of likely N-dealkylation sites (tertiary alicyclic amines) is 1. The van der Waals surface area contributed by atoms with Crippen molar-refractivity contribution in [3.63, 3.8) is 0 Å². The van der Waals surface area contributed by atoms with Gasteiger partial charge in [0.1, 0.15) is 0 Å². The van der Waals surface area contributed by atoms with Crippen molar-refractivity contribution < 1.29 is 9.90 Å². The van der Waals surface area contributed by atoms with E-state index in [-0.39, 0.29) is 5.91 Å². The molecular formula is C13H25N3O2. The highest BCUT2D eigenvalue weighted by atomic mass is 16.3. The Balaban J connectivity index is 1.68. The normalized spacial score (nSPS) is 22.9. The van der Waals surface area contributed by atoms with Gasteiger partial charge in [0, 0.05) is 45.8 Å². The Morgan fingerprint density at radius 2 is 1.61 bits per heavy atom. The number of carbonyl (C=O) groups excluding carboxylic acids is 1. The fourth-order valence-corrected chi connectivity index (χ4v) is 2.51. The molecule has 0 spiro atoms. The molecule has 5 nitrogen and oxygen atoms in total. The van der Waals surface area contributed by atoms with Gasteiger partial charge in [0.15, 0.2) is 0 Å². The standard InChI is InChI=1S/C13H25N3O2/c1-13(2,18)11-15-8-6-14(7-9-15)10-12(17)16-4-3-5-16/h18H,3-11H2,1-2H3. The van der Waals surface area contributed by atoms with E-state index in [2.05, 4.69) is 9.80 Å². The largest absolute Gasteiger partial charge is 0.389 e. The van der Waals surface area contributed by atoms with E-state index in [1.54, 1.807) is 0 Å². The van der Waals surface area contributed by atoms with Gasteiger partial charge in [-0.15, -0.1) is 0 Å². The fourth-order valence-electron chi connectivity index (χ4n) is 2.51. The zero-order valence-corrected chi connectivity index (χ0v) is 11.6. The van der Waals surface area contributed by atoms with Gasteiger partial charge in [-0.1, -0.05) is 0 Å². The molecule has 2 heterocycles. The van der Waals surface area contributed by atoms with Crippen LogP contribution in [-0.4, -0.2) is 83.7 Å². The summed E-state index contributed by atoms with van der Waals surface area (Å²) >= 11 is 0. The third kappa shape index (κ3) is 3.93. The molecule has 0 aromatic heterocycles. The van der Waals surface area contributed by atoms with Crippen LogP contribution in [0.25, 0.3) is 0 Å². The third-order valence-corrected chi connectivity index (χ3v) is 3.64. The third-order valence-electron chi connectivity index (χ3n) is 3.64. The average molecular weight is 255 g/mol. The maximum atomic E-state index is 11.8. The summed E-state index contributed by atoms with van der Waals surface area (Å²) in [5, 5.41) is 9.78. The lowest BCUT2D eigenvalue weighted by molar-refractivity contribution is -0.136. The van der Waals surface area contributed by atoms with Crippen LogP contribution in [-0.2, 0) is 4.79 Å². The first-order chi connectivity index (χ1) is 8.44. The average Bonchev–Trinajstić information content (AvgIpc) is 2.16. The fraction of sp³-hybridized carbons (Fsp3) is 0.923. The summed E-state index contributed by atoms with van der Waals surface area (Å²) in [6.07, 6.45) is 1.16. The van der Waals surface area contributed by atoms with E-state index in [9.17, 15) is 9.90 Å². The van der Waals surface area contributed by atoms with Crippen molar-refractivity contribution in [1.29, 1.82) is 0 Å². The van der Waals surface area contributed by atoms with Crippen LogP contribution in [0.2, 0.25) is 0 Å². The second-order valence-electron chi connectivity index (χ2n) is 6.10. The molecule has 1 N–H and O–H groups in total. The molecule has 0 radical (unpaired) electrons. The topological polar surface area (TPSA) is 47.0 Å². The highest BCUT2D eigenvalue weighted by Crippen LogP contribution is 2.10. The molecule has 0 atom stereocenters. The predicted octanol–water partition coefficient (Wildman–Crippen LogP) is -0.393. The van der Waals surface area contributed by atoms with Gasteiger partial charge in [0.25, 0.3) is 0 Å². The first kappa shape index (κ1) is 13.8. The van der Waals surface area contributed by atoms with E-state index in [0.717, 1.165) is 45.7 Å². The summed E-state index contributed by atoms with van der Waals surface area (Å²) in [7, 11) is 0. The molecule has 0 saturated carbocycles. The Labute approximate surface area is 109 Å². The molecule has 2 fully saturated rings. The minimum Gasteiger partial charge on any atom is -0.389 e. The van der Waals surface area contributed by atoms with E-state index in [1.807, 2.05) is 18.7 Å². The predicted molar refractivity (Wildman–Crippen MR) is 70.4 cm³/mol. The summed E-state index contributed by atoms with van der Waals surface area (Å²) < 4.78 is 0. The molecule has 2 aliphatic rings. The summed E-state index contributed by atoms with van der Waals surface area (Å²) in [6, 6.07) is 0. The SMILES string of the molecule is CC(C)(O)CN1CCN(CC(=O)N2CCC2)CC1. The number of aliphatic hydroxyl groups is 1. The van der Waals surface area contributed by atoms with E-state index >= 15 is 0 Å². The maximum absolute atomic E-state index is 11.8. The molecule has 0 bridgehead atoms. The van der Waals surface area contributed by atoms with Crippen LogP contribution in [0, 0.1) is 0 Å². The minimum absolute atomic E-state index is 0.275. The Hall–Kier alpha value is -0.650. The van der Waals surface area contributed by atoms with Crippen molar-refractivity contribution in [2.75, 3.05) is 52.4 Å². The van der Waals surface area contributed by atoms with Gasteiger partial charge in [0.2, 0.25) is 5.91 Å². The van der Waals surface area contributed by atoms with Crippen LogP contribution < -0.4 is 0 Å². The number of hydrogen-bond acceptors (Lipinski definition) is 4. The number of amides is 1. The second-order valence-corrected chi connectivity index (χ2v) is 6.10. The highest BCUT2D eigenvalue weighted by Gasteiger charge is 2.26. The molecule has 0 unspecified atom stereocenters. The van der Waals surface area contributed by atoms with E-state index < -0.39 is 5.60 Å². The van der Waals surface area contributed by atoms with Crippen LogP contribution in [0.15, 0.2) is 0 Å². The lowest BCUT2D eigenvalue weighted by Gasteiger charge is -2.38. The lowest BCUT2D eigenvalue weighted by atomic mass is 10.1. The molecule has 2 aliphatic heterocycles. The molecule has 5 heteroatoms. The van der Waals surface area contributed by atoms with Gasteiger partial charge < -0.3 is 10.0 Å². The van der Waals surface area contributed by atoms with Crippen molar-refractivity contribution in [3.05, 3.63) is 0 Å². The van der Waals surface area contributed by atoms with Crippen LogP contribution in [0.1, 0.15) is 20.3 Å². The molecule has 0 aliphatic carbocycles. The quantitative estimate of drug-likeness (QED) is 0.743. The number of nitrogens with zero attached hydrogens (tertiary/aromatic N) is 3. The van der Waals surface area contributed by atoms with Crippen molar-refractivity contribution in [2.45, 2.75) is 25.9 Å². The number of rotatable bonds is 4. The zero-order valence-electron chi connectivity index (χ0n) is 11.6. The van der Waals surface area contributed by atoms with Crippen molar-refractivity contribution >= 4 is 5.91 Å². The molecule has 2 rings (SSSR count). The second kappa shape index (κ2) is 5.55. The summed E-state index contributed by atoms with van der Waals surface area (Å²) in [4.78, 5) is 18.3. The Bertz CT molecular complexity index is 289. The number of piperazine rings is 1. The lowest BCUT2D eigenvalue weighted by Crippen LogP contribution is -2.54. The molecule has 18 heavy (non-hydrogen) atoms. The Morgan fingerprint density at radius 1 is 1.06 bits per heavy atom. The highest BCUT2D eigenvalue weighted by molar-refractivity contribution is 5.78. The first-order valence-corrected chi connectivity index (χ1v) is 6.89. The van der Waals surface area contributed by atoms with Crippen LogP contribution >= 0.6 is 0 Å². The van der Waals surface area contributed by atoms with Crippen molar-refractivity contribution in [3.8, 4) is 0 Å². The van der Waals surface area contributed by atoms with Gasteiger partial charge in [-0.2, -0.15) is 0 Å². The van der Waals surface area contributed by atoms with E-state index in [0.29, 0.717) is 13.1 Å². The monoisotopic (exact) mass is 255 g/mol. The Kier molecular flexibility index (Phi) is 4.25. The minimum atomic E-state index is -0.629. The maximum Gasteiger partial charge on any atom is 0.236 e. The van der Waals surface area contributed by atoms with Gasteiger partial charge in [-0.25, -0.2) is 0 Å². The van der Waals surface area contributed by atoms with Gasteiger partial charge >= 0.3 is 0 Å². The molecular weight excluding hydrogens is 230 g/mol. The molecule has 2 saturated heterocycles. The first-order valence-electron chi connectivity index (χ1n) is 6.89. The molecule has 0 aromatic carbocycles. The number of β-amino-alcohol motifs (C(OH)–C–C–N with tert-alkyl or cyclic N) is 1. The summed E-state index contributed by atoms with van der Waals surface area (Å²) in [5.41, 5.74) is -0.629. The van der Waals surface area contributed by atoms with Gasteiger partial charge in [-0.05, 0) is 20.3 Å². The van der Waals surface area contributed by atoms with Crippen LogP contribution in [0.5, 0.6) is 0 Å². The molecule has 104 valence electrons. The van der Waals surface area contributed by atoms with E-state index in [1.165, 1.54) is 0 Å². The van der Waals surface area contributed by atoms with E-state index in [4.69, 9.17) is 0 Å². The van der Waals surface area contributed by atoms with Gasteiger partial charge in [0.05, 0.1) is 12.1 Å². The van der Waals surface area contributed by atoms with Gasteiger partial charge in [-0.3, -0.25) is 14.6 Å². The van der Waals surface area contributed by atoms with Crippen LogP contribution in [0.3, 0.4) is 0 Å².